The van der Waals surface area contributed by atoms with Gasteiger partial charge in [-0.3, -0.25) is 9.59 Å². The Balaban J connectivity index is 1.65. The van der Waals surface area contributed by atoms with Gasteiger partial charge in [0.2, 0.25) is 11.8 Å². The van der Waals surface area contributed by atoms with Gasteiger partial charge in [0.15, 0.2) is 0 Å². The van der Waals surface area contributed by atoms with Crippen molar-refractivity contribution >= 4 is 34.5 Å². The Labute approximate surface area is 162 Å². The van der Waals surface area contributed by atoms with E-state index in [0.29, 0.717) is 0 Å². The van der Waals surface area contributed by atoms with Crippen LogP contribution >= 0.6 is 11.3 Å². The van der Waals surface area contributed by atoms with E-state index in [1.165, 1.54) is 23.8 Å². The second-order valence-electron chi connectivity index (χ2n) is 6.45. The van der Waals surface area contributed by atoms with E-state index >= 15 is 0 Å². The van der Waals surface area contributed by atoms with Crippen molar-refractivity contribution in [3.05, 3.63) is 64.7 Å². The van der Waals surface area contributed by atoms with Crippen molar-refractivity contribution < 1.29 is 9.59 Å². The van der Waals surface area contributed by atoms with Crippen LogP contribution < -0.4 is 10.6 Å². The molecule has 3 rings (SSSR count). The monoisotopic (exact) mass is 379 g/mol. The first kappa shape index (κ1) is 18.8. The lowest BCUT2D eigenvalue weighted by atomic mass is 10.1. The summed E-state index contributed by atoms with van der Waals surface area (Å²) >= 11 is 1.50. The van der Waals surface area contributed by atoms with Gasteiger partial charge in [-0.1, -0.05) is 17.7 Å². The van der Waals surface area contributed by atoms with Gasteiger partial charge in [0.1, 0.15) is 5.01 Å². The number of aryl methyl sites for hydroxylation is 2. The third-order valence-electron chi connectivity index (χ3n) is 4.00. The molecule has 0 bridgehead atoms. The molecule has 1 aromatic heterocycles. The Morgan fingerprint density at radius 1 is 1.04 bits per heavy atom. The van der Waals surface area contributed by atoms with E-state index in [1.807, 2.05) is 61.7 Å². The minimum atomic E-state index is -0.103. The maximum atomic E-state index is 12.3. The number of carbonyl (C=O) groups is 2. The maximum Gasteiger partial charge on any atom is 0.230 e. The number of nitrogens with one attached hydrogen (secondary N) is 2. The fourth-order valence-corrected chi connectivity index (χ4v) is 3.56. The van der Waals surface area contributed by atoms with Crippen LogP contribution in [-0.4, -0.2) is 16.8 Å². The standard InChI is InChI=1S/C21H21N3O2S/c1-13-4-9-19(14(2)10-13)24-20(26)11-18-12-27-21(23-18)16-5-7-17(8-6-16)22-15(3)25/h4-10,12H,11H2,1-3H3,(H,22,25)(H,24,26). The molecule has 138 valence electrons. The van der Waals surface area contributed by atoms with Gasteiger partial charge in [0.25, 0.3) is 0 Å². The molecule has 0 radical (unpaired) electrons. The molecule has 0 unspecified atom stereocenters. The zero-order chi connectivity index (χ0) is 19.4. The summed E-state index contributed by atoms with van der Waals surface area (Å²) in [6.45, 7) is 5.48. The number of hydrogen-bond donors (Lipinski definition) is 2. The third kappa shape index (κ3) is 5.01. The molecule has 0 aliphatic heterocycles. The number of aromatic nitrogens is 1. The molecular formula is C21H21N3O2S. The molecule has 0 fully saturated rings. The highest BCUT2D eigenvalue weighted by atomic mass is 32.1. The lowest BCUT2D eigenvalue weighted by Crippen LogP contribution is -2.15. The molecule has 2 aromatic carbocycles. The van der Waals surface area contributed by atoms with Gasteiger partial charge in [-0.25, -0.2) is 4.98 Å². The SMILES string of the molecule is CC(=O)Nc1ccc(-c2nc(CC(=O)Nc3ccc(C)cc3C)cs2)cc1. The van der Waals surface area contributed by atoms with Gasteiger partial charge in [-0.15, -0.1) is 11.3 Å². The molecule has 0 spiro atoms. The van der Waals surface area contributed by atoms with Gasteiger partial charge in [0, 0.05) is 29.2 Å². The number of thiazole rings is 1. The van der Waals surface area contributed by atoms with Gasteiger partial charge < -0.3 is 10.6 Å². The number of nitrogens with zero attached hydrogens (tertiary/aromatic N) is 1. The minimum Gasteiger partial charge on any atom is -0.326 e. The Hall–Kier alpha value is -2.99. The van der Waals surface area contributed by atoms with Crippen molar-refractivity contribution in [3.8, 4) is 10.6 Å². The smallest absolute Gasteiger partial charge is 0.230 e. The van der Waals surface area contributed by atoms with E-state index in [2.05, 4.69) is 15.6 Å². The van der Waals surface area contributed by atoms with Crippen molar-refractivity contribution in [2.45, 2.75) is 27.2 Å². The van der Waals surface area contributed by atoms with Crippen molar-refractivity contribution in [1.29, 1.82) is 0 Å². The van der Waals surface area contributed by atoms with Crippen molar-refractivity contribution in [2.75, 3.05) is 10.6 Å². The molecule has 5 nitrogen and oxygen atoms in total. The van der Waals surface area contributed by atoms with Crippen LogP contribution in [-0.2, 0) is 16.0 Å². The molecule has 2 N–H and O–H groups in total. The molecule has 6 heteroatoms. The third-order valence-corrected chi connectivity index (χ3v) is 4.94. The molecule has 0 saturated carbocycles. The number of anilines is 2. The second kappa shape index (κ2) is 8.14. The topological polar surface area (TPSA) is 71.1 Å². The fourth-order valence-electron chi connectivity index (χ4n) is 2.73. The van der Waals surface area contributed by atoms with Gasteiger partial charge in [-0.05, 0) is 49.7 Å². The van der Waals surface area contributed by atoms with Crippen LogP contribution in [0.15, 0.2) is 47.8 Å². The summed E-state index contributed by atoms with van der Waals surface area (Å²) in [6, 6.07) is 13.4. The molecule has 0 saturated heterocycles. The zero-order valence-corrected chi connectivity index (χ0v) is 16.3. The summed E-state index contributed by atoms with van der Waals surface area (Å²) in [5, 5.41) is 8.43. The van der Waals surface area contributed by atoms with Crippen molar-refractivity contribution in [2.24, 2.45) is 0 Å². The first-order valence-corrected chi connectivity index (χ1v) is 9.48. The van der Waals surface area contributed by atoms with Gasteiger partial charge in [-0.2, -0.15) is 0 Å². The molecule has 2 amide bonds. The summed E-state index contributed by atoms with van der Waals surface area (Å²) in [4.78, 5) is 28.0. The Bertz CT molecular complexity index is 977. The van der Waals surface area contributed by atoms with E-state index in [1.54, 1.807) is 0 Å². The number of carbonyl (C=O) groups excluding carboxylic acids is 2. The van der Waals surface area contributed by atoms with Crippen LogP contribution in [0.4, 0.5) is 11.4 Å². The summed E-state index contributed by atoms with van der Waals surface area (Å²) in [5.74, 6) is -0.186. The van der Waals surface area contributed by atoms with E-state index in [0.717, 1.165) is 33.2 Å². The summed E-state index contributed by atoms with van der Waals surface area (Å²) in [6.07, 6.45) is 0.230. The summed E-state index contributed by atoms with van der Waals surface area (Å²) in [7, 11) is 0. The van der Waals surface area contributed by atoms with E-state index in [9.17, 15) is 9.59 Å². The highest BCUT2D eigenvalue weighted by molar-refractivity contribution is 7.13. The zero-order valence-electron chi connectivity index (χ0n) is 15.5. The second-order valence-corrected chi connectivity index (χ2v) is 7.30. The van der Waals surface area contributed by atoms with Crippen LogP contribution in [0.25, 0.3) is 10.6 Å². The lowest BCUT2D eigenvalue weighted by molar-refractivity contribution is -0.116. The average Bonchev–Trinajstić information content (AvgIpc) is 3.06. The largest absolute Gasteiger partial charge is 0.326 e. The van der Waals surface area contributed by atoms with E-state index < -0.39 is 0 Å². The summed E-state index contributed by atoms with van der Waals surface area (Å²) < 4.78 is 0. The molecule has 3 aromatic rings. The molecular weight excluding hydrogens is 358 g/mol. The Morgan fingerprint density at radius 3 is 2.44 bits per heavy atom. The molecule has 0 aliphatic rings. The van der Waals surface area contributed by atoms with Gasteiger partial charge >= 0.3 is 0 Å². The maximum absolute atomic E-state index is 12.3. The Morgan fingerprint density at radius 2 is 1.78 bits per heavy atom. The normalized spacial score (nSPS) is 10.5. The van der Waals surface area contributed by atoms with E-state index in [4.69, 9.17) is 0 Å². The quantitative estimate of drug-likeness (QED) is 0.682. The van der Waals surface area contributed by atoms with Crippen LogP contribution in [0.3, 0.4) is 0 Å². The number of benzene rings is 2. The number of hydrogen-bond acceptors (Lipinski definition) is 4. The minimum absolute atomic E-state index is 0.0835. The predicted octanol–water partition coefficient (Wildman–Crippen LogP) is 4.57. The lowest BCUT2D eigenvalue weighted by Gasteiger charge is -2.08. The first-order valence-electron chi connectivity index (χ1n) is 8.60. The number of amides is 2. The fraction of sp³-hybridized carbons (Fsp3) is 0.190. The molecule has 0 atom stereocenters. The highest BCUT2D eigenvalue weighted by Gasteiger charge is 2.10. The van der Waals surface area contributed by atoms with Crippen molar-refractivity contribution in [3.63, 3.8) is 0 Å². The highest BCUT2D eigenvalue weighted by Crippen LogP contribution is 2.25. The molecule has 27 heavy (non-hydrogen) atoms. The van der Waals surface area contributed by atoms with Crippen LogP contribution in [0, 0.1) is 13.8 Å². The number of rotatable bonds is 5. The summed E-state index contributed by atoms with van der Waals surface area (Å²) in [5.41, 5.74) is 5.48. The van der Waals surface area contributed by atoms with Crippen LogP contribution in [0.2, 0.25) is 0 Å². The van der Waals surface area contributed by atoms with E-state index in [-0.39, 0.29) is 18.2 Å². The van der Waals surface area contributed by atoms with Crippen LogP contribution in [0.1, 0.15) is 23.7 Å². The first-order chi connectivity index (χ1) is 12.9. The van der Waals surface area contributed by atoms with Gasteiger partial charge in [0.05, 0.1) is 12.1 Å². The molecule has 1 heterocycles. The Kier molecular flexibility index (Phi) is 5.66. The van der Waals surface area contributed by atoms with Crippen LogP contribution in [0.5, 0.6) is 0 Å². The predicted molar refractivity (Wildman–Crippen MR) is 110 cm³/mol. The molecule has 0 aliphatic carbocycles. The average molecular weight is 379 g/mol. The van der Waals surface area contributed by atoms with Crippen molar-refractivity contribution in [1.82, 2.24) is 4.98 Å².